The lowest BCUT2D eigenvalue weighted by molar-refractivity contribution is -0.119. The minimum Gasteiger partial charge on any atom is -0.494 e. The fourth-order valence-corrected chi connectivity index (χ4v) is 2.49. The summed E-state index contributed by atoms with van der Waals surface area (Å²) >= 11 is 11.0. The maximum atomic E-state index is 11.9. The van der Waals surface area contributed by atoms with Crippen molar-refractivity contribution in [3.8, 4) is 5.75 Å². The summed E-state index contributed by atoms with van der Waals surface area (Å²) in [6.45, 7) is 2.55. The van der Waals surface area contributed by atoms with Crippen LogP contribution in [-0.4, -0.2) is 17.6 Å². The fourth-order valence-electron chi connectivity index (χ4n) is 2.13. The Morgan fingerprint density at radius 2 is 1.80 bits per heavy atom. The van der Waals surface area contributed by atoms with Crippen molar-refractivity contribution in [2.24, 2.45) is 0 Å². The van der Waals surface area contributed by atoms with E-state index in [1.54, 1.807) is 24.3 Å². The maximum absolute atomic E-state index is 11.9. The Labute approximate surface area is 158 Å². The molecule has 6 heteroatoms. The number of thiocarbonyl (C=S) groups is 1. The topological polar surface area (TPSA) is 50.4 Å². The van der Waals surface area contributed by atoms with E-state index in [1.165, 1.54) is 5.56 Å². The SMILES string of the molecule is CCc1ccc(NC(=S)NC(=O)CCCOc2ccc(Cl)cc2)cc1. The molecule has 0 radical (unpaired) electrons. The van der Waals surface area contributed by atoms with Crippen LogP contribution in [0.5, 0.6) is 5.75 Å². The highest BCUT2D eigenvalue weighted by Crippen LogP contribution is 2.15. The number of benzene rings is 2. The van der Waals surface area contributed by atoms with Gasteiger partial charge >= 0.3 is 0 Å². The van der Waals surface area contributed by atoms with Crippen LogP contribution < -0.4 is 15.4 Å². The lowest BCUT2D eigenvalue weighted by Gasteiger charge is -2.10. The Hall–Kier alpha value is -2.11. The van der Waals surface area contributed by atoms with Gasteiger partial charge in [-0.3, -0.25) is 4.79 Å². The zero-order chi connectivity index (χ0) is 18.1. The molecule has 2 N–H and O–H groups in total. The van der Waals surface area contributed by atoms with Crippen molar-refractivity contribution in [3.05, 3.63) is 59.1 Å². The number of anilines is 1. The first-order chi connectivity index (χ1) is 12.1. The molecule has 0 saturated heterocycles. The molecule has 0 atom stereocenters. The van der Waals surface area contributed by atoms with Crippen LogP contribution in [0.3, 0.4) is 0 Å². The summed E-state index contributed by atoms with van der Waals surface area (Å²) in [4.78, 5) is 11.9. The molecule has 2 aromatic rings. The Balaban J connectivity index is 1.65. The number of rotatable bonds is 7. The number of carbonyl (C=O) groups is 1. The number of carbonyl (C=O) groups excluding carboxylic acids is 1. The summed E-state index contributed by atoms with van der Waals surface area (Å²) < 4.78 is 5.55. The van der Waals surface area contributed by atoms with Gasteiger partial charge < -0.3 is 15.4 Å². The highest BCUT2D eigenvalue weighted by atomic mass is 35.5. The molecule has 0 fully saturated rings. The quantitative estimate of drug-likeness (QED) is 0.548. The number of hydrogen-bond acceptors (Lipinski definition) is 3. The molecule has 0 aliphatic heterocycles. The van der Waals surface area contributed by atoms with Gasteiger partial charge in [0.25, 0.3) is 0 Å². The molecule has 2 rings (SSSR count). The zero-order valence-electron chi connectivity index (χ0n) is 14.0. The molecule has 0 aliphatic rings. The monoisotopic (exact) mass is 376 g/mol. The first-order valence-electron chi connectivity index (χ1n) is 8.15. The summed E-state index contributed by atoms with van der Waals surface area (Å²) in [7, 11) is 0. The zero-order valence-corrected chi connectivity index (χ0v) is 15.6. The van der Waals surface area contributed by atoms with Gasteiger partial charge in [-0.05, 0) is 67.0 Å². The van der Waals surface area contributed by atoms with Gasteiger partial charge in [0, 0.05) is 17.1 Å². The van der Waals surface area contributed by atoms with Crippen LogP contribution in [0.4, 0.5) is 5.69 Å². The molecule has 25 heavy (non-hydrogen) atoms. The molecule has 4 nitrogen and oxygen atoms in total. The van der Waals surface area contributed by atoms with E-state index >= 15 is 0 Å². The molecular weight excluding hydrogens is 356 g/mol. The van der Waals surface area contributed by atoms with Crippen molar-refractivity contribution in [3.63, 3.8) is 0 Å². The Kier molecular flexibility index (Phi) is 7.70. The molecule has 0 heterocycles. The Morgan fingerprint density at radius 1 is 1.12 bits per heavy atom. The predicted molar refractivity (Wildman–Crippen MR) is 106 cm³/mol. The lowest BCUT2D eigenvalue weighted by atomic mass is 10.1. The van der Waals surface area contributed by atoms with E-state index in [2.05, 4.69) is 17.6 Å². The average Bonchev–Trinajstić information content (AvgIpc) is 2.61. The Bertz CT molecular complexity index is 702. The third kappa shape index (κ3) is 7.11. The van der Waals surface area contributed by atoms with E-state index in [4.69, 9.17) is 28.6 Å². The second kappa shape index (κ2) is 10.0. The minimum atomic E-state index is -0.137. The van der Waals surface area contributed by atoms with Crippen molar-refractivity contribution in [1.82, 2.24) is 5.32 Å². The van der Waals surface area contributed by atoms with Crippen LogP contribution in [0.25, 0.3) is 0 Å². The van der Waals surface area contributed by atoms with Gasteiger partial charge in [-0.1, -0.05) is 30.7 Å². The van der Waals surface area contributed by atoms with Crippen LogP contribution >= 0.6 is 23.8 Å². The molecule has 2 aromatic carbocycles. The maximum Gasteiger partial charge on any atom is 0.226 e. The second-order valence-corrected chi connectivity index (χ2v) is 6.30. The summed E-state index contributed by atoms with van der Waals surface area (Å²) in [5.74, 6) is 0.597. The first kappa shape index (κ1) is 19.2. The third-order valence-electron chi connectivity index (χ3n) is 3.50. The normalized spacial score (nSPS) is 10.2. The first-order valence-corrected chi connectivity index (χ1v) is 8.93. The highest BCUT2D eigenvalue weighted by molar-refractivity contribution is 7.80. The van der Waals surface area contributed by atoms with Gasteiger partial charge in [0.1, 0.15) is 5.75 Å². The van der Waals surface area contributed by atoms with Gasteiger partial charge in [-0.25, -0.2) is 0 Å². The Morgan fingerprint density at radius 3 is 2.44 bits per heavy atom. The largest absolute Gasteiger partial charge is 0.494 e. The van der Waals surface area contributed by atoms with E-state index < -0.39 is 0 Å². The predicted octanol–water partition coefficient (Wildman–Crippen LogP) is 4.57. The molecule has 0 aromatic heterocycles. The molecule has 0 spiro atoms. The van der Waals surface area contributed by atoms with E-state index in [-0.39, 0.29) is 5.91 Å². The number of halogens is 1. The number of ether oxygens (including phenoxy) is 1. The summed E-state index contributed by atoms with van der Waals surface area (Å²) in [6, 6.07) is 15.1. The van der Waals surface area contributed by atoms with Gasteiger partial charge in [-0.15, -0.1) is 0 Å². The summed E-state index contributed by atoms with van der Waals surface area (Å²) in [6.07, 6.45) is 1.92. The van der Waals surface area contributed by atoms with Crippen molar-refractivity contribution in [2.75, 3.05) is 11.9 Å². The van der Waals surface area contributed by atoms with Gasteiger partial charge in [0.05, 0.1) is 6.61 Å². The molecule has 0 saturated carbocycles. The van der Waals surface area contributed by atoms with Crippen LogP contribution in [0.15, 0.2) is 48.5 Å². The van der Waals surface area contributed by atoms with Crippen LogP contribution in [0.1, 0.15) is 25.3 Å². The number of aryl methyl sites for hydroxylation is 1. The van der Waals surface area contributed by atoms with E-state index in [1.807, 2.05) is 24.3 Å². The number of nitrogens with one attached hydrogen (secondary N) is 2. The second-order valence-electron chi connectivity index (χ2n) is 5.46. The van der Waals surface area contributed by atoms with Crippen molar-refractivity contribution in [1.29, 1.82) is 0 Å². The van der Waals surface area contributed by atoms with Crippen molar-refractivity contribution < 1.29 is 9.53 Å². The number of hydrogen-bond donors (Lipinski definition) is 2. The van der Waals surface area contributed by atoms with Crippen LogP contribution in [0.2, 0.25) is 5.02 Å². The van der Waals surface area contributed by atoms with E-state index in [0.29, 0.717) is 29.6 Å². The minimum absolute atomic E-state index is 0.137. The third-order valence-corrected chi connectivity index (χ3v) is 3.96. The van der Waals surface area contributed by atoms with Crippen LogP contribution in [-0.2, 0) is 11.2 Å². The highest BCUT2D eigenvalue weighted by Gasteiger charge is 2.05. The molecule has 0 bridgehead atoms. The summed E-state index contributed by atoms with van der Waals surface area (Å²) in [5, 5.41) is 6.64. The molecule has 132 valence electrons. The average molecular weight is 377 g/mol. The van der Waals surface area contributed by atoms with E-state index in [9.17, 15) is 4.79 Å². The summed E-state index contributed by atoms with van der Waals surface area (Å²) in [5.41, 5.74) is 2.11. The van der Waals surface area contributed by atoms with Gasteiger partial charge in [0.2, 0.25) is 5.91 Å². The molecule has 0 aliphatic carbocycles. The molecule has 1 amide bonds. The van der Waals surface area contributed by atoms with Gasteiger partial charge in [0.15, 0.2) is 5.11 Å². The van der Waals surface area contributed by atoms with Crippen molar-refractivity contribution in [2.45, 2.75) is 26.2 Å². The molecule has 0 unspecified atom stereocenters. The smallest absolute Gasteiger partial charge is 0.226 e. The van der Waals surface area contributed by atoms with Gasteiger partial charge in [-0.2, -0.15) is 0 Å². The van der Waals surface area contributed by atoms with E-state index in [0.717, 1.165) is 17.9 Å². The number of amides is 1. The molecular formula is C19H21ClN2O2S. The lowest BCUT2D eigenvalue weighted by Crippen LogP contribution is -2.34. The van der Waals surface area contributed by atoms with Crippen LogP contribution in [0, 0.1) is 0 Å². The standard InChI is InChI=1S/C19H21ClN2O2S/c1-2-14-5-9-16(10-6-14)21-19(25)22-18(23)4-3-13-24-17-11-7-15(20)8-12-17/h5-12H,2-4,13H2,1H3,(H2,21,22,23,25). The van der Waals surface area contributed by atoms with Crippen molar-refractivity contribution >= 4 is 40.5 Å². The fraction of sp³-hybridized carbons (Fsp3) is 0.263.